The minimum absolute atomic E-state index is 0.101. The van der Waals surface area contributed by atoms with E-state index >= 15 is 0 Å². The van der Waals surface area contributed by atoms with Gasteiger partial charge >= 0.3 is 0 Å². The van der Waals surface area contributed by atoms with Crippen LogP contribution >= 0.6 is 11.6 Å². The fourth-order valence-electron chi connectivity index (χ4n) is 2.49. The van der Waals surface area contributed by atoms with E-state index in [1.54, 1.807) is 6.07 Å². The molecule has 0 radical (unpaired) electrons. The fourth-order valence-corrected chi connectivity index (χ4v) is 2.71. The van der Waals surface area contributed by atoms with Gasteiger partial charge < -0.3 is 10.6 Å². The van der Waals surface area contributed by atoms with Gasteiger partial charge in [-0.05, 0) is 69.0 Å². The van der Waals surface area contributed by atoms with Crippen molar-refractivity contribution in [1.82, 2.24) is 5.32 Å². The van der Waals surface area contributed by atoms with Gasteiger partial charge in [-0.1, -0.05) is 11.6 Å². The standard InChI is InChI=1S/C15H21ClN2O/c1-11-10-13(16)3-4-14(11)18-15(19)5-2-12-6-8-17-9-7-12/h3-4,10,12,17H,2,5-9H2,1H3,(H,18,19). The second-order valence-corrected chi connectivity index (χ2v) is 5.68. The first kappa shape index (κ1) is 14.4. The molecule has 1 fully saturated rings. The number of anilines is 1. The number of hydrogen-bond acceptors (Lipinski definition) is 2. The SMILES string of the molecule is Cc1cc(Cl)ccc1NC(=O)CCC1CCNCC1. The van der Waals surface area contributed by atoms with Crippen molar-refractivity contribution in [1.29, 1.82) is 0 Å². The highest BCUT2D eigenvalue weighted by atomic mass is 35.5. The highest BCUT2D eigenvalue weighted by Crippen LogP contribution is 2.21. The van der Waals surface area contributed by atoms with E-state index < -0.39 is 0 Å². The Morgan fingerprint density at radius 1 is 1.42 bits per heavy atom. The van der Waals surface area contributed by atoms with Crippen LogP contribution < -0.4 is 10.6 Å². The van der Waals surface area contributed by atoms with Gasteiger partial charge in [-0.2, -0.15) is 0 Å². The molecule has 0 aromatic heterocycles. The first-order valence-corrected chi connectivity index (χ1v) is 7.29. The largest absolute Gasteiger partial charge is 0.326 e. The summed E-state index contributed by atoms with van der Waals surface area (Å²) in [6.07, 6.45) is 3.97. The third-order valence-electron chi connectivity index (χ3n) is 3.70. The molecule has 3 nitrogen and oxygen atoms in total. The molecule has 4 heteroatoms. The lowest BCUT2D eigenvalue weighted by Gasteiger charge is -2.22. The van der Waals surface area contributed by atoms with Gasteiger partial charge in [-0.25, -0.2) is 0 Å². The Bertz CT molecular complexity index is 442. The minimum atomic E-state index is 0.101. The van der Waals surface area contributed by atoms with Crippen molar-refractivity contribution in [2.75, 3.05) is 18.4 Å². The first-order valence-electron chi connectivity index (χ1n) is 6.92. The first-order chi connectivity index (χ1) is 9.15. The molecule has 1 aromatic carbocycles. The lowest BCUT2D eigenvalue weighted by Crippen LogP contribution is -2.28. The van der Waals surface area contributed by atoms with Crippen LogP contribution in [0.2, 0.25) is 5.02 Å². The highest BCUT2D eigenvalue weighted by Gasteiger charge is 2.14. The average Bonchev–Trinajstić information content (AvgIpc) is 2.41. The Morgan fingerprint density at radius 2 is 2.16 bits per heavy atom. The zero-order valence-corrected chi connectivity index (χ0v) is 12.1. The summed E-state index contributed by atoms with van der Waals surface area (Å²) in [4.78, 5) is 11.9. The number of hydrogen-bond donors (Lipinski definition) is 2. The summed E-state index contributed by atoms with van der Waals surface area (Å²) in [5.74, 6) is 0.794. The topological polar surface area (TPSA) is 41.1 Å². The molecule has 1 aromatic rings. The van der Waals surface area contributed by atoms with Crippen LogP contribution in [0.25, 0.3) is 0 Å². The van der Waals surface area contributed by atoms with Crippen LogP contribution in [0.3, 0.4) is 0 Å². The van der Waals surface area contributed by atoms with E-state index in [-0.39, 0.29) is 5.91 Å². The quantitative estimate of drug-likeness (QED) is 0.888. The van der Waals surface area contributed by atoms with Crippen molar-refractivity contribution < 1.29 is 4.79 Å². The Labute approximate surface area is 119 Å². The number of carbonyl (C=O) groups is 1. The molecule has 0 bridgehead atoms. The summed E-state index contributed by atoms with van der Waals surface area (Å²) in [6.45, 7) is 4.12. The number of aryl methyl sites for hydroxylation is 1. The summed E-state index contributed by atoms with van der Waals surface area (Å²) in [5, 5.41) is 7.00. The van der Waals surface area contributed by atoms with Gasteiger partial charge in [0.05, 0.1) is 0 Å². The van der Waals surface area contributed by atoms with E-state index in [0.29, 0.717) is 17.4 Å². The molecule has 0 atom stereocenters. The van der Waals surface area contributed by atoms with Crippen LogP contribution in [0.15, 0.2) is 18.2 Å². The molecule has 0 spiro atoms. The molecule has 2 N–H and O–H groups in total. The van der Waals surface area contributed by atoms with E-state index in [4.69, 9.17) is 11.6 Å². The number of nitrogens with one attached hydrogen (secondary N) is 2. The van der Waals surface area contributed by atoms with Gasteiger partial charge in [-0.3, -0.25) is 4.79 Å². The van der Waals surface area contributed by atoms with Crippen LogP contribution in [-0.4, -0.2) is 19.0 Å². The zero-order valence-electron chi connectivity index (χ0n) is 11.3. The summed E-state index contributed by atoms with van der Waals surface area (Å²) < 4.78 is 0. The molecule has 1 heterocycles. The molecular formula is C15H21ClN2O. The number of benzene rings is 1. The molecular weight excluding hydrogens is 260 g/mol. The van der Waals surface area contributed by atoms with Gasteiger partial charge in [0.1, 0.15) is 0 Å². The lowest BCUT2D eigenvalue weighted by atomic mass is 9.93. The van der Waals surface area contributed by atoms with Gasteiger partial charge in [0.25, 0.3) is 0 Å². The minimum Gasteiger partial charge on any atom is -0.326 e. The molecule has 0 aliphatic carbocycles. The predicted octanol–water partition coefficient (Wildman–Crippen LogP) is 3.37. The zero-order chi connectivity index (χ0) is 13.7. The highest BCUT2D eigenvalue weighted by molar-refractivity contribution is 6.30. The second-order valence-electron chi connectivity index (χ2n) is 5.24. The normalized spacial score (nSPS) is 16.3. The van der Waals surface area contributed by atoms with Crippen molar-refractivity contribution in [3.63, 3.8) is 0 Å². The summed E-state index contributed by atoms with van der Waals surface area (Å²) >= 11 is 5.90. The summed E-state index contributed by atoms with van der Waals surface area (Å²) in [7, 11) is 0. The fraction of sp³-hybridized carbons (Fsp3) is 0.533. The van der Waals surface area contributed by atoms with Crippen LogP contribution in [0.1, 0.15) is 31.2 Å². The molecule has 104 valence electrons. The van der Waals surface area contributed by atoms with Gasteiger partial charge in [-0.15, -0.1) is 0 Å². The maximum Gasteiger partial charge on any atom is 0.224 e. The Morgan fingerprint density at radius 3 is 2.84 bits per heavy atom. The van der Waals surface area contributed by atoms with E-state index in [9.17, 15) is 4.79 Å². The number of rotatable bonds is 4. The summed E-state index contributed by atoms with van der Waals surface area (Å²) in [6, 6.07) is 5.53. The predicted molar refractivity (Wildman–Crippen MR) is 79.6 cm³/mol. The maximum atomic E-state index is 11.9. The molecule has 2 rings (SSSR count). The third kappa shape index (κ3) is 4.51. The number of amides is 1. The molecule has 19 heavy (non-hydrogen) atoms. The van der Waals surface area contributed by atoms with Crippen LogP contribution in [0.5, 0.6) is 0 Å². The van der Waals surface area contributed by atoms with Crippen molar-refractivity contribution in [3.8, 4) is 0 Å². The second kappa shape index (κ2) is 6.92. The van der Waals surface area contributed by atoms with E-state index in [1.807, 2.05) is 19.1 Å². The van der Waals surface area contributed by atoms with Crippen molar-refractivity contribution in [2.24, 2.45) is 5.92 Å². The number of halogens is 1. The molecule has 0 saturated carbocycles. The van der Waals surface area contributed by atoms with E-state index in [1.165, 1.54) is 12.8 Å². The smallest absolute Gasteiger partial charge is 0.224 e. The molecule has 0 unspecified atom stereocenters. The van der Waals surface area contributed by atoms with E-state index in [2.05, 4.69) is 10.6 Å². The number of carbonyl (C=O) groups excluding carboxylic acids is 1. The molecule has 1 amide bonds. The van der Waals surface area contributed by atoms with Crippen LogP contribution in [0, 0.1) is 12.8 Å². The lowest BCUT2D eigenvalue weighted by molar-refractivity contribution is -0.116. The molecule has 1 aliphatic rings. The maximum absolute atomic E-state index is 11.9. The van der Waals surface area contributed by atoms with Crippen molar-refractivity contribution >= 4 is 23.2 Å². The molecule has 1 aliphatic heterocycles. The van der Waals surface area contributed by atoms with Gasteiger partial charge in [0.15, 0.2) is 0 Å². The monoisotopic (exact) mass is 280 g/mol. The number of piperidine rings is 1. The van der Waals surface area contributed by atoms with Crippen molar-refractivity contribution in [3.05, 3.63) is 28.8 Å². The van der Waals surface area contributed by atoms with Crippen LogP contribution in [0.4, 0.5) is 5.69 Å². The Balaban J connectivity index is 1.80. The molecule has 1 saturated heterocycles. The third-order valence-corrected chi connectivity index (χ3v) is 3.94. The van der Waals surface area contributed by atoms with Crippen molar-refractivity contribution in [2.45, 2.75) is 32.6 Å². The van der Waals surface area contributed by atoms with Gasteiger partial charge in [0, 0.05) is 17.1 Å². The summed E-state index contributed by atoms with van der Waals surface area (Å²) in [5.41, 5.74) is 1.86. The van der Waals surface area contributed by atoms with Crippen LogP contribution in [-0.2, 0) is 4.79 Å². The Kier molecular flexibility index (Phi) is 5.23. The Hall–Kier alpha value is -1.06. The average molecular weight is 281 g/mol. The van der Waals surface area contributed by atoms with Gasteiger partial charge in [0.2, 0.25) is 5.91 Å². The van der Waals surface area contributed by atoms with E-state index in [0.717, 1.165) is 30.8 Å².